The molecule has 0 fully saturated rings. The molecule has 0 aliphatic heterocycles. The maximum absolute atomic E-state index is 8.55. The zero-order valence-electron chi connectivity index (χ0n) is 2.58. The molecule has 0 unspecified atom stereocenters. The smallest absolute Gasteiger partial charge is 0.822 e. The molecular formula is O4PSn-. The molecule has 0 aliphatic rings. The van der Waals surface area contributed by atoms with Gasteiger partial charge < -0.3 is 19.2 Å². The van der Waals surface area contributed by atoms with Crippen molar-refractivity contribution in [1.29, 1.82) is 0 Å². The van der Waals surface area contributed by atoms with Gasteiger partial charge in [0.25, 0.3) is 0 Å². The molecule has 0 N–H and O–H groups in total. The second-order valence-electron chi connectivity index (χ2n) is 0.447. The quantitative estimate of drug-likeness (QED) is 0.313. The molecule has 34 valence electrons. The van der Waals surface area contributed by atoms with Gasteiger partial charge in [0.2, 0.25) is 0 Å². The third-order valence-corrected chi connectivity index (χ3v) is 0. The van der Waals surface area contributed by atoms with Crippen molar-refractivity contribution in [1.82, 2.24) is 0 Å². The molecule has 0 aliphatic carbocycles. The molecule has 0 saturated carbocycles. The van der Waals surface area contributed by atoms with Crippen LogP contribution in [0, 0.1) is 0 Å². The Bertz CT molecular complexity index is 53.7. The molecule has 0 saturated heterocycles. The van der Waals surface area contributed by atoms with Gasteiger partial charge >= 0.3 is 23.9 Å². The molecule has 0 rings (SSSR count). The van der Waals surface area contributed by atoms with Crippen LogP contribution in [0.4, 0.5) is 0 Å². The third kappa shape index (κ3) is 90.8. The van der Waals surface area contributed by atoms with Gasteiger partial charge in [-0.15, -0.1) is 0 Å². The molecule has 0 atom stereocenters. The first-order chi connectivity index (χ1) is 2.00. The van der Waals surface area contributed by atoms with Crippen molar-refractivity contribution in [3.8, 4) is 0 Å². The van der Waals surface area contributed by atoms with Crippen molar-refractivity contribution < 1.29 is 19.2 Å². The molecule has 0 spiro atoms. The van der Waals surface area contributed by atoms with E-state index in [2.05, 4.69) is 0 Å². The summed E-state index contributed by atoms with van der Waals surface area (Å²) in [4.78, 5) is 25.6. The van der Waals surface area contributed by atoms with Crippen LogP contribution in [-0.2, 0) is 4.57 Å². The van der Waals surface area contributed by atoms with E-state index in [9.17, 15) is 0 Å². The summed E-state index contributed by atoms with van der Waals surface area (Å²) in [6.45, 7) is 0. The number of hydrogen-bond acceptors (Lipinski definition) is 4. The Hall–Kier alpha value is 0.909. The minimum Gasteiger partial charge on any atom is -0.822 e. The van der Waals surface area contributed by atoms with Crippen molar-refractivity contribution in [2.24, 2.45) is 0 Å². The third-order valence-electron chi connectivity index (χ3n) is 0. The van der Waals surface area contributed by atoms with E-state index in [1.54, 1.807) is 0 Å². The average molecular weight is 214 g/mol. The zero-order chi connectivity index (χ0) is 4.50. The molecule has 0 aromatic carbocycles. The van der Waals surface area contributed by atoms with Gasteiger partial charge in [0.15, 0.2) is 0 Å². The maximum Gasteiger partial charge on any atom is 2.00 e. The van der Waals surface area contributed by atoms with Gasteiger partial charge in [0.1, 0.15) is 0 Å². The molecule has 6 heteroatoms. The van der Waals surface area contributed by atoms with E-state index in [1.807, 2.05) is 0 Å². The first-order valence-corrected chi connectivity index (χ1v) is 2.19. The standard InChI is InChI=1S/H3O4P.Sn/c1-5(2,3)4;/h(H3,1,2,3,4);/q;+2/p-3. The molecule has 4 nitrogen and oxygen atoms in total. The summed E-state index contributed by atoms with van der Waals surface area (Å²) >= 11 is 0. The summed E-state index contributed by atoms with van der Waals surface area (Å²) in [6.07, 6.45) is 0. The van der Waals surface area contributed by atoms with Gasteiger partial charge in [-0.05, 0) is 0 Å². The van der Waals surface area contributed by atoms with Crippen molar-refractivity contribution in [3.05, 3.63) is 0 Å². The Morgan fingerprint density at radius 3 is 1.17 bits per heavy atom. The molecule has 0 amide bonds. The Kier molecular flexibility index (Phi) is 4.98. The fourth-order valence-corrected chi connectivity index (χ4v) is 0. The molecule has 0 heterocycles. The van der Waals surface area contributed by atoms with Crippen LogP contribution in [0.5, 0.6) is 0 Å². The van der Waals surface area contributed by atoms with Crippen molar-refractivity contribution in [2.75, 3.05) is 0 Å². The van der Waals surface area contributed by atoms with Gasteiger partial charge in [-0.1, -0.05) is 0 Å². The Morgan fingerprint density at radius 2 is 1.17 bits per heavy atom. The molecule has 2 radical (unpaired) electrons. The summed E-state index contributed by atoms with van der Waals surface area (Å²) in [5, 5.41) is 0. The molecule has 6 heavy (non-hydrogen) atoms. The second kappa shape index (κ2) is 2.98. The first-order valence-electron chi connectivity index (χ1n) is 0.730. The predicted molar refractivity (Wildman–Crippen MR) is 13.4 cm³/mol. The number of phosphoric acid groups is 1. The Labute approximate surface area is 51.4 Å². The predicted octanol–water partition coefficient (Wildman–Crippen LogP) is -3.21. The fraction of sp³-hybridized carbons (Fsp3) is 0. The summed E-state index contributed by atoms with van der Waals surface area (Å²) in [5.41, 5.74) is 0. The summed E-state index contributed by atoms with van der Waals surface area (Å²) < 4.78 is 8.55. The van der Waals surface area contributed by atoms with Gasteiger partial charge in [0, 0.05) is 0 Å². The van der Waals surface area contributed by atoms with Gasteiger partial charge in [-0.25, -0.2) is 0 Å². The summed E-state index contributed by atoms with van der Waals surface area (Å²) in [7, 11) is -5.39. The van der Waals surface area contributed by atoms with E-state index < -0.39 is 7.82 Å². The van der Waals surface area contributed by atoms with Gasteiger partial charge in [0.05, 0.1) is 0 Å². The average Bonchev–Trinajstić information content (AvgIpc) is 0.722. The largest absolute Gasteiger partial charge is 2.00 e. The van der Waals surface area contributed by atoms with E-state index in [0.29, 0.717) is 0 Å². The van der Waals surface area contributed by atoms with Crippen molar-refractivity contribution in [2.45, 2.75) is 0 Å². The normalized spacial score (nSPS) is 9.83. The molecule has 0 aromatic heterocycles. The molecule has 0 bridgehead atoms. The van der Waals surface area contributed by atoms with E-state index in [-0.39, 0.29) is 23.9 Å². The molecular weight excluding hydrogens is 214 g/mol. The minimum atomic E-state index is -5.39. The first kappa shape index (κ1) is 10.0. The van der Waals surface area contributed by atoms with Crippen LogP contribution in [0.15, 0.2) is 0 Å². The van der Waals surface area contributed by atoms with Crippen LogP contribution in [-0.4, -0.2) is 23.9 Å². The van der Waals surface area contributed by atoms with E-state index >= 15 is 0 Å². The van der Waals surface area contributed by atoms with Gasteiger partial charge in [-0.2, -0.15) is 7.82 Å². The van der Waals surface area contributed by atoms with E-state index in [0.717, 1.165) is 0 Å². The Morgan fingerprint density at radius 1 is 1.17 bits per heavy atom. The molecule has 0 aromatic rings. The fourth-order valence-electron chi connectivity index (χ4n) is 0. The monoisotopic (exact) mass is 215 g/mol. The van der Waals surface area contributed by atoms with Crippen molar-refractivity contribution in [3.63, 3.8) is 0 Å². The number of hydrogen-bond donors (Lipinski definition) is 0. The van der Waals surface area contributed by atoms with Crippen LogP contribution < -0.4 is 14.7 Å². The maximum atomic E-state index is 8.55. The van der Waals surface area contributed by atoms with E-state index in [4.69, 9.17) is 19.2 Å². The van der Waals surface area contributed by atoms with E-state index in [1.165, 1.54) is 0 Å². The second-order valence-corrected chi connectivity index (χ2v) is 1.34. The summed E-state index contributed by atoms with van der Waals surface area (Å²) in [6, 6.07) is 0. The summed E-state index contributed by atoms with van der Waals surface area (Å²) in [5.74, 6) is 0. The number of rotatable bonds is 0. The topological polar surface area (TPSA) is 86.2 Å². The SMILES string of the molecule is O=P([O-])([O-])[O-].[Sn+2]. The van der Waals surface area contributed by atoms with Crippen LogP contribution in [0.1, 0.15) is 0 Å². The van der Waals surface area contributed by atoms with Gasteiger partial charge in [-0.3, -0.25) is 0 Å². The van der Waals surface area contributed by atoms with Crippen molar-refractivity contribution >= 4 is 31.7 Å². The minimum absolute atomic E-state index is 0. The Balaban J connectivity index is 0. The van der Waals surface area contributed by atoms with Crippen LogP contribution in [0.2, 0.25) is 0 Å². The van der Waals surface area contributed by atoms with Crippen LogP contribution in [0.3, 0.4) is 0 Å². The zero-order valence-corrected chi connectivity index (χ0v) is 6.33. The van der Waals surface area contributed by atoms with Crippen LogP contribution >= 0.6 is 7.82 Å². The van der Waals surface area contributed by atoms with Crippen LogP contribution in [0.25, 0.3) is 0 Å².